The van der Waals surface area contributed by atoms with Gasteiger partial charge in [0.1, 0.15) is 0 Å². The van der Waals surface area contributed by atoms with Crippen molar-refractivity contribution in [3.05, 3.63) is 56.1 Å². The van der Waals surface area contributed by atoms with E-state index in [9.17, 15) is 20.2 Å². The Balaban J connectivity index is 2.48. The van der Waals surface area contributed by atoms with E-state index in [1.54, 1.807) is 0 Å². The van der Waals surface area contributed by atoms with Gasteiger partial charge in [0.15, 0.2) is 0 Å². The smallest absolute Gasteiger partial charge is 0.212 e. The Morgan fingerprint density at radius 1 is 1.00 bits per heavy atom. The third-order valence-corrected chi connectivity index (χ3v) is 2.50. The molecule has 0 aliphatic heterocycles. The van der Waals surface area contributed by atoms with Crippen LogP contribution in [-0.4, -0.2) is 22.9 Å². The Bertz CT molecular complexity index is 364. The van der Waals surface area contributed by atoms with Crippen molar-refractivity contribution in [3.8, 4) is 0 Å². The average Bonchev–Trinajstić information content (AvgIpc) is 2.26. The van der Waals surface area contributed by atoms with Crippen LogP contribution >= 0.6 is 0 Å². The Hall–Kier alpha value is -1.98. The zero-order valence-electron chi connectivity index (χ0n) is 9.32. The lowest BCUT2D eigenvalue weighted by Crippen LogP contribution is -2.23. The van der Waals surface area contributed by atoms with Crippen molar-refractivity contribution in [2.75, 3.05) is 13.1 Å². The van der Waals surface area contributed by atoms with Crippen LogP contribution in [0.3, 0.4) is 0 Å². The van der Waals surface area contributed by atoms with Gasteiger partial charge in [-0.3, -0.25) is 20.2 Å². The van der Waals surface area contributed by atoms with Gasteiger partial charge in [-0.15, -0.1) is 0 Å². The molecule has 92 valence electrons. The summed E-state index contributed by atoms with van der Waals surface area (Å²) in [7, 11) is 0. The Labute approximate surface area is 98.6 Å². The summed E-state index contributed by atoms with van der Waals surface area (Å²) < 4.78 is 0. The molecular formula is C11H14N2O4. The zero-order chi connectivity index (χ0) is 12.7. The summed E-state index contributed by atoms with van der Waals surface area (Å²) in [6, 6.07) is 9.47. The molecule has 0 aliphatic carbocycles. The SMILES string of the molecule is O=[N+]([O-])CC(CCc1ccccc1)C[N+](=O)[O-]. The Kier molecular flexibility index (Phi) is 5.06. The first-order valence-corrected chi connectivity index (χ1v) is 5.35. The van der Waals surface area contributed by atoms with E-state index in [-0.39, 0.29) is 13.1 Å². The summed E-state index contributed by atoms with van der Waals surface area (Å²) in [6.45, 7) is -0.679. The van der Waals surface area contributed by atoms with Gasteiger partial charge in [-0.2, -0.15) is 0 Å². The lowest BCUT2D eigenvalue weighted by molar-refractivity contribution is -0.524. The number of nitro groups is 2. The second-order valence-electron chi connectivity index (χ2n) is 3.92. The van der Waals surface area contributed by atoms with Crippen LogP contribution in [0.4, 0.5) is 0 Å². The van der Waals surface area contributed by atoms with Gasteiger partial charge in [0.05, 0.1) is 5.92 Å². The van der Waals surface area contributed by atoms with Crippen molar-refractivity contribution >= 4 is 0 Å². The van der Waals surface area contributed by atoms with Crippen LogP contribution in [0, 0.1) is 26.1 Å². The van der Waals surface area contributed by atoms with E-state index in [1.165, 1.54) is 0 Å². The second kappa shape index (κ2) is 6.57. The fourth-order valence-corrected chi connectivity index (χ4v) is 1.68. The van der Waals surface area contributed by atoms with Crippen LogP contribution < -0.4 is 0 Å². The molecule has 0 radical (unpaired) electrons. The zero-order valence-corrected chi connectivity index (χ0v) is 9.32. The summed E-state index contributed by atoms with van der Waals surface area (Å²) in [4.78, 5) is 19.8. The van der Waals surface area contributed by atoms with Crippen molar-refractivity contribution in [3.63, 3.8) is 0 Å². The fourth-order valence-electron chi connectivity index (χ4n) is 1.68. The lowest BCUT2D eigenvalue weighted by atomic mass is 9.99. The van der Waals surface area contributed by atoms with E-state index in [2.05, 4.69) is 0 Å². The monoisotopic (exact) mass is 238 g/mol. The molecule has 1 rings (SSSR count). The highest BCUT2D eigenvalue weighted by Gasteiger charge is 2.21. The number of hydrogen-bond donors (Lipinski definition) is 0. The normalized spacial score (nSPS) is 10.4. The summed E-state index contributed by atoms with van der Waals surface area (Å²) in [5.41, 5.74) is 1.05. The van der Waals surface area contributed by atoms with Crippen molar-refractivity contribution in [1.82, 2.24) is 0 Å². The molecular weight excluding hydrogens is 224 g/mol. The van der Waals surface area contributed by atoms with Gasteiger partial charge in [-0.1, -0.05) is 30.3 Å². The second-order valence-corrected chi connectivity index (χ2v) is 3.92. The van der Waals surface area contributed by atoms with E-state index in [0.29, 0.717) is 12.8 Å². The summed E-state index contributed by atoms with van der Waals surface area (Å²) >= 11 is 0. The molecule has 0 spiro atoms. The van der Waals surface area contributed by atoms with Gasteiger partial charge in [-0.05, 0) is 18.4 Å². The number of rotatable bonds is 7. The standard InChI is InChI=1S/C11H14N2O4/c14-12(15)8-11(9-13(16)17)7-6-10-4-2-1-3-5-10/h1-5,11H,6-9H2. The van der Waals surface area contributed by atoms with Gasteiger partial charge >= 0.3 is 0 Å². The third-order valence-electron chi connectivity index (χ3n) is 2.50. The van der Waals surface area contributed by atoms with Gasteiger partial charge in [0.2, 0.25) is 13.1 Å². The Morgan fingerprint density at radius 2 is 1.53 bits per heavy atom. The van der Waals surface area contributed by atoms with Crippen LogP contribution in [0.2, 0.25) is 0 Å². The molecule has 0 fully saturated rings. The molecule has 0 saturated heterocycles. The van der Waals surface area contributed by atoms with E-state index < -0.39 is 15.8 Å². The van der Waals surface area contributed by atoms with Crippen LogP contribution in [0.5, 0.6) is 0 Å². The summed E-state index contributed by atoms with van der Waals surface area (Å²) in [5.74, 6) is -0.500. The minimum absolute atomic E-state index is 0.339. The minimum atomic E-state index is -0.500. The quantitative estimate of drug-likeness (QED) is 0.535. The van der Waals surface area contributed by atoms with Crippen molar-refractivity contribution < 1.29 is 9.85 Å². The molecule has 0 aliphatic rings. The maximum absolute atomic E-state index is 10.4. The van der Waals surface area contributed by atoms with Gasteiger partial charge < -0.3 is 0 Å². The van der Waals surface area contributed by atoms with Crippen LogP contribution in [0.1, 0.15) is 12.0 Å². The van der Waals surface area contributed by atoms with Gasteiger partial charge in [0, 0.05) is 9.85 Å². The predicted molar refractivity (Wildman–Crippen MR) is 62.0 cm³/mol. The van der Waals surface area contributed by atoms with Crippen LogP contribution in [0.15, 0.2) is 30.3 Å². The highest BCUT2D eigenvalue weighted by molar-refractivity contribution is 5.14. The van der Waals surface area contributed by atoms with E-state index in [0.717, 1.165) is 5.56 Å². The number of hydrogen-bond acceptors (Lipinski definition) is 4. The molecule has 6 heteroatoms. The van der Waals surface area contributed by atoms with E-state index in [1.807, 2.05) is 30.3 Å². The largest absolute Gasteiger partial charge is 0.265 e. The molecule has 0 N–H and O–H groups in total. The molecule has 0 saturated carbocycles. The molecule has 6 nitrogen and oxygen atoms in total. The van der Waals surface area contributed by atoms with Crippen molar-refractivity contribution in [2.45, 2.75) is 12.8 Å². The van der Waals surface area contributed by atoms with Gasteiger partial charge in [-0.25, -0.2) is 0 Å². The lowest BCUT2D eigenvalue weighted by Gasteiger charge is -2.08. The molecule has 1 aromatic carbocycles. The highest BCUT2D eigenvalue weighted by atomic mass is 16.6. The first kappa shape index (κ1) is 13.1. The minimum Gasteiger partial charge on any atom is -0.265 e. The number of nitrogens with zero attached hydrogens (tertiary/aromatic N) is 2. The van der Waals surface area contributed by atoms with Crippen LogP contribution in [0.25, 0.3) is 0 Å². The third kappa shape index (κ3) is 5.60. The van der Waals surface area contributed by atoms with Crippen molar-refractivity contribution in [2.24, 2.45) is 5.92 Å². The van der Waals surface area contributed by atoms with Gasteiger partial charge in [0.25, 0.3) is 0 Å². The van der Waals surface area contributed by atoms with E-state index >= 15 is 0 Å². The van der Waals surface area contributed by atoms with Crippen molar-refractivity contribution in [1.29, 1.82) is 0 Å². The highest BCUT2D eigenvalue weighted by Crippen LogP contribution is 2.10. The van der Waals surface area contributed by atoms with Crippen LogP contribution in [-0.2, 0) is 6.42 Å². The molecule has 1 aromatic rings. The molecule has 0 aromatic heterocycles. The van der Waals surface area contributed by atoms with E-state index in [4.69, 9.17) is 0 Å². The molecule has 0 heterocycles. The average molecular weight is 238 g/mol. The number of benzene rings is 1. The molecule has 17 heavy (non-hydrogen) atoms. The first-order chi connectivity index (χ1) is 8.08. The fraction of sp³-hybridized carbons (Fsp3) is 0.455. The molecule has 0 atom stereocenters. The first-order valence-electron chi connectivity index (χ1n) is 5.35. The topological polar surface area (TPSA) is 86.3 Å². The number of aryl methyl sites for hydroxylation is 1. The molecule has 0 unspecified atom stereocenters. The Morgan fingerprint density at radius 3 is 2.00 bits per heavy atom. The summed E-state index contributed by atoms with van der Waals surface area (Å²) in [6.07, 6.45) is 1.10. The predicted octanol–water partition coefficient (Wildman–Crippen LogP) is 1.79. The maximum atomic E-state index is 10.4. The maximum Gasteiger partial charge on any atom is 0.212 e. The molecule has 0 amide bonds. The summed E-state index contributed by atoms with van der Waals surface area (Å²) in [5, 5.41) is 20.8. The molecule has 0 bridgehead atoms.